The van der Waals surface area contributed by atoms with E-state index >= 15 is 0 Å². The van der Waals surface area contributed by atoms with Crippen LogP contribution >= 0.6 is 0 Å². The molecule has 0 saturated heterocycles. The van der Waals surface area contributed by atoms with Crippen LogP contribution in [0.25, 0.3) is 0 Å². The summed E-state index contributed by atoms with van der Waals surface area (Å²) < 4.78 is 37.6. The molecule has 2 amide bonds. The van der Waals surface area contributed by atoms with Crippen LogP contribution in [-0.2, 0) is 15.8 Å². The Morgan fingerprint density at radius 3 is 2.44 bits per heavy atom. The number of halogens is 3. The predicted octanol–water partition coefficient (Wildman–Crippen LogP) is 0.641. The lowest BCUT2D eigenvalue weighted by Gasteiger charge is -2.08. The van der Waals surface area contributed by atoms with Crippen LogP contribution in [0.5, 0.6) is 0 Å². The number of primary amides is 1. The number of carbonyl (C=O) groups is 2. The lowest BCUT2D eigenvalue weighted by atomic mass is 10.1. The Morgan fingerprint density at radius 2 is 1.89 bits per heavy atom. The molecule has 1 aromatic carbocycles. The first-order valence-corrected chi connectivity index (χ1v) is 4.61. The van der Waals surface area contributed by atoms with Gasteiger partial charge in [0.25, 0.3) is 0 Å². The Morgan fingerprint density at radius 1 is 1.28 bits per heavy atom. The van der Waals surface area contributed by atoms with Gasteiger partial charge in [-0.3, -0.25) is 9.59 Å². The number of hydrogen-bond acceptors (Lipinski definition) is 3. The quantitative estimate of drug-likeness (QED) is 0.464. The van der Waals surface area contributed by atoms with Crippen LogP contribution in [0, 0.1) is 0 Å². The second-order valence-corrected chi connectivity index (χ2v) is 3.15. The molecular formula is C10H8F3N3O2. The van der Waals surface area contributed by atoms with Crippen LogP contribution < -0.4 is 11.2 Å². The van der Waals surface area contributed by atoms with Gasteiger partial charge >= 0.3 is 18.0 Å². The van der Waals surface area contributed by atoms with Gasteiger partial charge in [0.2, 0.25) is 0 Å². The normalized spacial score (nSPS) is 11.5. The minimum Gasteiger partial charge on any atom is -0.361 e. The van der Waals surface area contributed by atoms with Gasteiger partial charge < -0.3 is 5.73 Å². The van der Waals surface area contributed by atoms with E-state index in [1.165, 1.54) is 18.2 Å². The van der Waals surface area contributed by atoms with Crippen LogP contribution in [0.3, 0.4) is 0 Å². The Balaban J connectivity index is 2.89. The highest BCUT2D eigenvalue weighted by Crippen LogP contribution is 2.30. The molecule has 0 spiro atoms. The number of nitrogens with one attached hydrogen (secondary N) is 1. The van der Waals surface area contributed by atoms with Crippen LogP contribution in [0.4, 0.5) is 13.2 Å². The van der Waals surface area contributed by atoms with Crippen molar-refractivity contribution in [3.05, 3.63) is 35.4 Å². The average Bonchev–Trinajstić information content (AvgIpc) is 2.28. The highest BCUT2D eigenvalue weighted by atomic mass is 19.4. The lowest BCUT2D eigenvalue weighted by Crippen LogP contribution is -2.32. The Hall–Kier alpha value is -2.38. The molecule has 0 atom stereocenters. The largest absolute Gasteiger partial charge is 0.417 e. The molecule has 0 fully saturated rings. The van der Waals surface area contributed by atoms with E-state index in [-0.39, 0.29) is 5.56 Å². The van der Waals surface area contributed by atoms with Gasteiger partial charge in [-0.15, -0.1) is 0 Å². The molecule has 1 rings (SSSR count). The number of carbonyl (C=O) groups excluding carboxylic acids is 2. The second-order valence-electron chi connectivity index (χ2n) is 3.15. The summed E-state index contributed by atoms with van der Waals surface area (Å²) in [6.07, 6.45) is -3.75. The molecule has 0 radical (unpaired) electrons. The van der Waals surface area contributed by atoms with Gasteiger partial charge in [-0.2, -0.15) is 18.3 Å². The van der Waals surface area contributed by atoms with Crippen molar-refractivity contribution in [3.63, 3.8) is 0 Å². The van der Waals surface area contributed by atoms with E-state index in [1.807, 2.05) is 0 Å². The number of hydrogen-bond donors (Lipinski definition) is 2. The van der Waals surface area contributed by atoms with Gasteiger partial charge in [-0.1, -0.05) is 18.2 Å². The van der Waals surface area contributed by atoms with Gasteiger partial charge in [0.15, 0.2) is 0 Å². The maximum atomic E-state index is 12.5. The SMILES string of the molecule is NC(=O)C(=O)NN=Cc1ccccc1C(F)(F)F. The van der Waals surface area contributed by atoms with Crippen molar-refractivity contribution in [2.24, 2.45) is 10.8 Å². The van der Waals surface area contributed by atoms with Crippen molar-refractivity contribution in [2.45, 2.75) is 6.18 Å². The predicted molar refractivity (Wildman–Crippen MR) is 56.4 cm³/mol. The Bertz CT molecular complexity index is 497. The van der Waals surface area contributed by atoms with E-state index in [0.29, 0.717) is 0 Å². The maximum absolute atomic E-state index is 12.5. The fourth-order valence-corrected chi connectivity index (χ4v) is 1.08. The summed E-state index contributed by atoms with van der Waals surface area (Å²) >= 11 is 0. The number of nitrogens with two attached hydrogens (primary N) is 1. The molecule has 0 unspecified atom stereocenters. The zero-order chi connectivity index (χ0) is 13.8. The topological polar surface area (TPSA) is 84.5 Å². The van der Waals surface area contributed by atoms with Crippen molar-refractivity contribution in [2.75, 3.05) is 0 Å². The van der Waals surface area contributed by atoms with Gasteiger partial charge in [0, 0.05) is 5.56 Å². The molecule has 5 nitrogen and oxygen atoms in total. The molecule has 0 bridgehead atoms. The Kier molecular flexibility index (Phi) is 4.03. The fourth-order valence-electron chi connectivity index (χ4n) is 1.08. The first kappa shape index (κ1) is 13.7. The molecule has 0 aliphatic heterocycles. The molecule has 18 heavy (non-hydrogen) atoms. The Labute approximate surface area is 99.5 Å². The van der Waals surface area contributed by atoms with Gasteiger partial charge in [-0.05, 0) is 6.07 Å². The molecule has 0 heterocycles. The van der Waals surface area contributed by atoms with Gasteiger partial charge in [-0.25, -0.2) is 5.43 Å². The summed E-state index contributed by atoms with van der Waals surface area (Å²) in [6.45, 7) is 0. The number of hydrazone groups is 1. The third-order valence-electron chi connectivity index (χ3n) is 1.86. The minimum absolute atomic E-state index is 0.241. The molecule has 0 aliphatic carbocycles. The van der Waals surface area contributed by atoms with Crippen LogP contribution in [0.1, 0.15) is 11.1 Å². The van der Waals surface area contributed by atoms with E-state index in [1.54, 1.807) is 5.43 Å². The molecule has 0 aliphatic rings. The first-order valence-electron chi connectivity index (χ1n) is 4.61. The summed E-state index contributed by atoms with van der Waals surface area (Å²) in [5.74, 6) is -2.49. The van der Waals surface area contributed by atoms with Crippen LogP contribution in [0.15, 0.2) is 29.4 Å². The van der Waals surface area contributed by atoms with E-state index < -0.39 is 23.6 Å². The fraction of sp³-hybridized carbons (Fsp3) is 0.100. The first-order chi connectivity index (χ1) is 8.32. The number of benzene rings is 1. The van der Waals surface area contributed by atoms with Crippen molar-refractivity contribution in [1.29, 1.82) is 0 Å². The lowest BCUT2D eigenvalue weighted by molar-refractivity contribution is -0.137. The number of alkyl halides is 3. The molecule has 8 heteroatoms. The van der Waals surface area contributed by atoms with Crippen molar-refractivity contribution >= 4 is 18.0 Å². The summed E-state index contributed by atoms with van der Waals surface area (Å²) in [4.78, 5) is 21.0. The van der Waals surface area contributed by atoms with Crippen LogP contribution in [-0.4, -0.2) is 18.0 Å². The van der Waals surface area contributed by atoms with Crippen LogP contribution in [0.2, 0.25) is 0 Å². The monoisotopic (exact) mass is 259 g/mol. The number of amides is 2. The average molecular weight is 259 g/mol. The maximum Gasteiger partial charge on any atom is 0.417 e. The summed E-state index contributed by atoms with van der Waals surface area (Å²) in [5, 5.41) is 3.21. The second kappa shape index (κ2) is 5.30. The molecule has 3 N–H and O–H groups in total. The summed E-state index contributed by atoms with van der Waals surface area (Å²) in [7, 11) is 0. The van der Waals surface area contributed by atoms with E-state index in [0.717, 1.165) is 12.3 Å². The highest BCUT2D eigenvalue weighted by molar-refractivity contribution is 6.34. The molecule has 0 saturated carbocycles. The van der Waals surface area contributed by atoms with E-state index in [9.17, 15) is 22.8 Å². The number of nitrogens with zero attached hydrogens (tertiary/aromatic N) is 1. The minimum atomic E-state index is -4.53. The van der Waals surface area contributed by atoms with Gasteiger partial charge in [0.1, 0.15) is 0 Å². The number of rotatable bonds is 2. The molecule has 0 aromatic heterocycles. The van der Waals surface area contributed by atoms with Crippen molar-refractivity contribution in [3.8, 4) is 0 Å². The van der Waals surface area contributed by atoms with Crippen molar-refractivity contribution in [1.82, 2.24) is 5.43 Å². The summed E-state index contributed by atoms with van der Waals surface area (Å²) in [5.41, 5.74) is 5.17. The van der Waals surface area contributed by atoms with E-state index in [4.69, 9.17) is 0 Å². The molecule has 1 aromatic rings. The van der Waals surface area contributed by atoms with Gasteiger partial charge in [0.05, 0.1) is 11.8 Å². The van der Waals surface area contributed by atoms with E-state index in [2.05, 4.69) is 10.8 Å². The third kappa shape index (κ3) is 3.58. The zero-order valence-electron chi connectivity index (χ0n) is 8.86. The third-order valence-corrected chi connectivity index (χ3v) is 1.86. The van der Waals surface area contributed by atoms with Crippen molar-refractivity contribution < 1.29 is 22.8 Å². The molecular weight excluding hydrogens is 251 g/mol. The highest BCUT2D eigenvalue weighted by Gasteiger charge is 2.32. The molecule has 96 valence electrons. The standard InChI is InChI=1S/C10H8F3N3O2/c11-10(12,13)7-4-2-1-3-6(7)5-15-16-9(18)8(14)17/h1-5H,(H2,14,17)(H,16,18). The smallest absolute Gasteiger partial charge is 0.361 e. The zero-order valence-corrected chi connectivity index (χ0v) is 8.86. The summed E-state index contributed by atoms with van der Waals surface area (Å²) in [6, 6.07) is 4.65.